The third-order valence-corrected chi connectivity index (χ3v) is 4.50. The van der Waals surface area contributed by atoms with Crippen LogP contribution in [0.2, 0.25) is 10.0 Å². The Morgan fingerprint density at radius 3 is 2.56 bits per heavy atom. The number of benzene rings is 1. The predicted octanol–water partition coefficient (Wildman–Crippen LogP) is 4.17. The first-order chi connectivity index (χ1) is 11.8. The Morgan fingerprint density at radius 2 is 2.00 bits per heavy atom. The molecule has 0 saturated heterocycles. The van der Waals surface area contributed by atoms with Crippen molar-refractivity contribution in [1.82, 2.24) is 10.1 Å². The van der Waals surface area contributed by atoms with Crippen molar-refractivity contribution in [1.29, 1.82) is 0 Å². The number of aromatic nitrogens is 1. The summed E-state index contributed by atoms with van der Waals surface area (Å²) in [7, 11) is 0. The van der Waals surface area contributed by atoms with Crippen LogP contribution in [-0.2, 0) is 4.79 Å². The highest BCUT2D eigenvalue weighted by atomic mass is 35.5. The molecule has 0 bridgehead atoms. The minimum atomic E-state index is -0.359. The molecule has 0 aliphatic carbocycles. The molecule has 1 aromatic heterocycles. The summed E-state index contributed by atoms with van der Waals surface area (Å²) in [5.74, 6) is 0.246. The Labute approximate surface area is 156 Å². The van der Waals surface area contributed by atoms with Crippen molar-refractivity contribution in [3.8, 4) is 0 Å². The molecule has 1 aromatic carbocycles. The predicted molar refractivity (Wildman–Crippen MR) is 97.1 cm³/mol. The second kappa shape index (κ2) is 8.36. The van der Waals surface area contributed by atoms with E-state index < -0.39 is 0 Å². The van der Waals surface area contributed by atoms with E-state index in [9.17, 15) is 9.59 Å². The second-order valence-corrected chi connectivity index (χ2v) is 6.50. The number of hydrogen-bond donors (Lipinski definition) is 1. The topological polar surface area (TPSA) is 75.4 Å². The summed E-state index contributed by atoms with van der Waals surface area (Å²) in [5.41, 5.74) is 0.375. The van der Waals surface area contributed by atoms with Gasteiger partial charge in [-0.25, -0.2) is 0 Å². The maximum absolute atomic E-state index is 12.8. The number of anilines is 1. The van der Waals surface area contributed by atoms with E-state index >= 15 is 0 Å². The van der Waals surface area contributed by atoms with Crippen LogP contribution in [0.25, 0.3) is 0 Å². The SMILES string of the molecule is CC[C@@H](C)N(CC(=O)Nc1cc(C)on1)C(=O)c1ccc(Cl)c(Cl)c1. The van der Waals surface area contributed by atoms with Crippen molar-refractivity contribution in [3.05, 3.63) is 45.6 Å². The van der Waals surface area contributed by atoms with Crippen molar-refractivity contribution in [3.63, 3.8) is 0 Å². The number of nitrogens with zero attached hydrogens (tertiary/aromatic N) is 2. The quantitative estimate of drug-likeness (QED) is 0.811. The highest BCUT2D eigenvalue weighted by Crippen LogP contribution is 2.24. The van der Waals surface area contributed by atoms with Crippen molar-refractivity contribution < 1.29 is 14.1 Å². The lowest BCUT2D eigenvalue weighted by Gasteiger charge is -2.28. The molecule has 134 valence electrons. The molecule has 1 heterocycles. The van der Waals surface area contributed by atoms with E-state index in [0.717, 1.165) is 0 Å². The van der Waals surface area contributed by atoms with E-state index in [4.69, 9.17) is 27.7 Å². The summed E-state index contributed by atoms with van der Waals surface area (Å²) in [4.78, 5) is 26.6. The van der Waals surface area contributed by atoms with Crippen molar-refractivity contribution in [2.75, 3.05) is 11.9 Å². The fourth-order valence-corrected chi connectivity index (χ4v) is 2.50. The van der Waals surface area contributed by atoms with Crippen LogP contribution < -0.4 is 5.32 Å². The molecule has 2 rings (SSSR count). The molecule has 25 heavy (non-hydrogen) atoms. The zero-order valence-electron chi connectivity index (χ0n) is 14.2. The molecule has 2 amide bonds. The normalized spacial score (nSPS) is 11.9. The summed E-state index contributed by atoms with van der Waals surface area (Å²) in [6.07, 6.45) is 0.698. The number of rotatable bonds is 6. The minimum absolute atomic E-state index is 0.111. The highest BCUT2D eigenvalue weighted by Gasteiger charge is 2.24. The molecular weight excluding hydrogens is 365 g/mol. The molecule has 8 heteroatoms. The first kappa shape index (κ1) is 19.3. The second-order valence-electron chi connectivity index (χ2n) is 5.69. The number of carbonyl (C=O) groups is 2. The van der Waals surface area contributed by atoms with Crippen LogP contribution in [-0.4, -0.2) is 34.5 Å². The van der Waals surface area contributed by atoms with E-state index in [1.807, 2.05) is 13.8 Å². The molecule has 1 N–H and O–H groups in total. The fraction of sp³-hybridized carbons (Fsp3) is 0.353. The van der Waals surface area contributed by atoms with Gasteiger partial charge < -0.3 is 14.7 Å². The highest BCUT2D eigenvalue weighted by molar-refractivity contribution is 6.42. The Balaban J connectivity index is 2.15. The van der Waals surface area contributed by atoms with Crippen LogP contribution in [0.15, 0.2) is 28.8 Å². The van der Waals surface area contributed by atoms with Crippen molar-refractivity contribution in [2.45, 2.75) is 33.2 Å². The molecule has 0 saturated carbocycles. The van der Waals surface area contributed by atoms with Gasteiger partial charge in [-0.05, 0) is 38.5 Å². The number of carbonyl (C=O) groups excluding carboxylic acids is 2. The third-order valence-electron chi connectivity index (χ3n) is 3.76. The Morgan fingerprint density at radius 1 is 1.28 bits per heavy atom. The first-order valence-electron chi connectivity index (χ1n) is 7.81. The number of nitrogens with one attached hydrogen (secondary N) is 1. The molecule has 1 atom stereocenters. The van der Waals surface area contributed by atoms with Gasteiger partial charge >= 0.3 is 0 Å². The standard InChI is InChI=1S/C17H19Cl2N3O3/c1-4-10(2)22(9-16(23)20-15-7-11(3)25-21-15)17(24)12-5-6-13(18)14(19)8-12/h5-8,10H,4,9H2,1-3H3,(H,20,21,23)/t10-/m1/s1. The van der Waals surface area contributed by atoms with Gasteiger partial charge in [0.1, 0.15) is 12.3 Å². The number of hydrogen-bond acceptors (Lipinski definition) is 4. The maximum Gasteiger partial charge on any atom is 0.254 e. The maximum atomic E-state index is 12.8. The van der Waals surface area contributed by atoms with Crippen LogP contribution in [0.3, 0.4) is 0 Å². The number of amides is 2. The van der Waals surface area contributed by atoms with Gasteiger partial charge in [-0.3, -0.25) is 9.59 Å². The van der Waals surface area contributed by atoms with Gasteiger partial charge in [-0.1, -0.05) is 35.3 Å². The van der Waals surface area contributed by atoms with E-state index in [2.05, 4.69) is 10.5 Å². The molecule has 0 aliphatic heterocycles. The van der Waals surface area contributed by atoms with Gasteiger partial charge in [0.2, 0.25) is 5.91 Å². The zero-order valence-corrected chi connectivity index (χ0v) is 15.7. The van der Waals surface area contributed by atoms with Crippen LogP contribution in [0.1, 0.15) is 36.4 Å². The molecular formula is C17H19Cl2N3O3. The van der Waals surface area contributed by atoms with Crippen molar-refractivity contribution in [2.24, 2.45) is 0 Å². The average molecular weight is 384 g/mol. The van der Waals surface area contributed by atoms with E-state index in [-0.39, 0.29) is 24.4 Å². The molecule has 0 aliphatic rings. The smallest absolute Gasteiger partial charge is 0.254 e. The van der Waals surface area contributed by atoms with Gasteiger partial charge in [0.25, 0.3) is 5.91 Å². The third kappa shape index (κ3) is 4.96. The van der Waals surface area contributed by atoms with Gasteiger partial charge in [-0.15, -0.1) is 0 Å². The summed E-state index contributed by atoms with van der Waals surface area (Å²) in [6.45, 7) is 5.43. The van der Waals surface area contributed by atoms with Gasteiger partial charge in [0.05, 0.1) is 10.0 Å². The number of aryl methyl sites for hydroxylation is 1. The van der Waals surface area contributed by atoms with Crippen LogP contribution in [0.5, 0.6) is 0 Å². The minimum Gasteiger partial charge on any atom is -0.360 e. The lowest BCUT2D eigenvalue weighted by Crippen LogP contribution is -2.43. The molecule has 0 unspecified atom stereocenters. The van der Waals surface area contributed by atoms with Crippen molar-refractivity contribution >= 4 is 40.8 Å². The Hall–Kier alpha value is -2.05. The summed E-state index contributed by atoms with van der Waals surface area (Å²) in [5, 5.41) is 6.98. The monoisotopic (exact) mass is 383 g/mol. The van der Waals surface area contributed by atoms with Crippen LogP contribution in [0.4, 0.5) is 5.82 Å². The average Bonchev–Trinajstić information content (AvgIpc) is 2.98. The lowest BCUT2D eigenvalue weighted by molar-refractivity contribution is -0.117. The molecule has 0 spiro atoms. The lowest BCUT2D eigenvalue weighted by atomic mass is 10.1. The van der Waals surface area contributed by atoms with Gasteiger partial charge in [0, 0.05) is 17.7 Å². The van der Waals surface area contributed by atoms with E-state index in [0.29, 0.717) is 33.6 Å². The molecule has 0 radical (unpaired) electrons. The summed E-state index contributed by atoms with van der Waals surface area (Å²) in [6, 6.07) is 6.12. The summed E-state index contributed by atoms with van der Waals surface area (Å²) >= 11 is 11.9. The Kier molecular flexibility index (Phi) is 6.45. The fourth-order valence-electron chi connectivity index (χ4n) is 2.21. The van der Waals surface area contributed by atoms with E-state index in [1.54, 1.807) is 25.1 Å². The molecule has 0 fully saturated rings. The zero-order chi connectivity index (χ0) is 18.6. The van der Waals surface area contributed by atoms with Gasteiger partial charge in [0.15, 0.2) is 5.82 Å². The van der Waals surface area contributed by atoms with Gasteiger partial charge in [-0.2, -0.15) is 0 Å². The van der Waals surface area contributed by atoms with Crippen LogP contribution in [0, 0.1) is 6.92 Å². The van der Waals surface area contributed by atoms with E-state index in [1.165, 1.54) is 11.0 Å². The number of halogens is 2. The van der Waals surface area contributed by atoms with Crippen LogP contribution >= 0.6 is 23.2 Å². The summed E-state index contributed by atoms with van der Waals surface area (Å²) < 4.78 is 4.91. The molecule has 2 aromatic rings. The Bertz CT molecular complexity index is 776. The molecule has 6 nitrogen and oxygen atoms in total. The first-order valence-corrected chi connectivity index (χ1v) is 8.56. The largest absolute Gasteiger partial charge is 0.360 e.